The molecule has 2 aliphatic heterocycles. The van der Waals surface area contributed by atoms with Gasteiger partial charge in [-0.15, -0.1) is 0 Å². The molecule has 0 aromatic heterocycles. The summed E-state index contributed by atoms with van der Waals surface area (Å²) >= 11 is 0. The van der Waals surface area contributed by atoms with Crippen molar-refractivity contribution < 1.29 is 24.0 Å². The van der Waals surface area contributed by atoms with Crippen LogP contribution in [0.5, 0.6) is 0 Å². The topological polar surface area (TPSA) is 113 Å². The molecule has 0 saturated carbocycles. The molecular formula is C26H27N3O5. The van der Waals surface area contributed by atoms with Gasteiger partial charge in [-0.2, -0.15) is 0 Å². The maximum atomic E-state index is 12.8. The van der Waals surface area contributed by atoms with Crippen LogP contribution in [0.25, 0.3) is 0 Å². The average molecular weight is 462 g/mol. The molecule has 34 heavy (non-hydrogen) atoms. The van der Waals surface area contributed by atoms with Crippen LogP contribution in [-0.4, -0.2) is 41.0 Å². The number of hydrogen-bond acceptors (Lipinski definition) is 5. The number of imide groups is 2. The Kier molecular flexibility index (Phi) is 6.32. The van der Waals surface area contributed by atoms with Gasteiger partial charge in [0.15, 0.2) is 0 Å². The van der Waals surface area contributed by atoms with Gasteiger partial charge in [-0.1, -0.05) is 32.4 Å². The fourth-order valence-corrected chi connectivity index (χ4v) is 4.59. The second kappa shape index (κ2) is 9.21. The van der Waals surface area contributed by atoms with Crippen LogP contribution in [0.3, 0.4) is 0 Å². The molecule has 1 fully saturated rings. The Bertz CT molecular complexity index is 1190. The van der Waals surface area contributed by atoms with Gasteiger partial charge in [0.25, 0.3) is 17.7 Å². The molecule has 0 spiro atoms. The van der Waals surface area contributed by atoms with Crippen molar-refractivity contribution in [3.05, 3.63) is 64.7 Å². The lowest BCUT2D eigenvalue weighted by molar-refractivity contribution is -0.138. The van der Waals surface area contributed by atoms with Gasteiger partial charge in [-0.05, 0) is 55.2 Å². The first-order valence-electron chi connectivity index (χ1n) is 11.6. The Labute approximate surface area is 197 Å². The first kappa shape index (κ1) is 23.4. The van der Waals surface area contributed by atoms with Crippen molar-refractivity contribution in [3.63, 3.8) is 0 Å². The summed E-state index contributed by atoms with van der Waals surface area (Å²) in [5.41, 5.74) is 1.37. The van der Waals surface area contributed by atoms with Crippen LogP contribution in [0, 0.1) is 0 Å². The molecule has 2 aromatic rings. The largest absolute Gasteiger partial charge is 0.322 e. The van der Waals surface area contributed by atoms with Gasteiger partial charge in [0.1, 0.15) is 0 Å². The Morgan fingerprint density at radius 3 is 2.35 bits per heavy atom. The zero-order valence-electron chi connectivity index (χ0n) is 19.3. The Hall–Kier alpha value is -3.81. The molecule has 1 atom stereocenters. The number of anilines is 1. The van der Waals surface area contributed by atoms with E-state index in [1.807, 2.05) is 13.8 Å². The van der Waals surface area contributed by atoms with Crippen LogP contribution >= 0.6 is 0 Å². The van der Waals surface area contributed by atoms with E-state index in [2.05, 4.69) is 10.6 Å². The lowest BCUT2D eigenvalue weighted by Gasteiger charge is -2.35. The van der Waals surface area contributed by atoms with Crippen molar-refractivity contribution in [2.45, 2.75) is 51.4 Å². The third-order valence-corrected chi connectivity index (χ3v) is 6.73. The molecule has 8 nitrogen and oxygen atoms in total. The molecule has 8 heteroatoms. The summed E-state index contributed by atoms with van der Waals surface area (Å²) in [6.07, 6.45) is 2.87. The van der Waals surface area contributed by atoms with Crippen LogP contribution in [-0.2, 0) is 15.0 Å². The highest BCUT2D eigenvalue weighted by molar-refractivity contribution is 6.22. The number of rotatable bonds is 7. The number of fused-ring (bicyclic) bond motifs is 1. The highest BCUT2D eigenvalue weighted by atomic mass is 16.2. The molecule has 176 valence electrons. The van der Waals surface area contributed by atoms with E-state index < -0.39 is 11.3 Å². The molecule has 0 radical (unpaired) electrons. The number of unbranched alkanes of at least 4 members (excludes halogenated alkanes) is 1. The van der Waals surface area contributed by atoms with Crippen molar-refractivity contribution in [1.29, 1.82) is 0 Å². The van der Waals surface area contributed by atoms with Crippen molar-refractivity contribution in [3.8, 4) is 0 Å². The van der Waals surface area contributed by atoms with Crippen LogP contribution in [0.15, 0.2) is 42.5 Å². The number of carbonyl (C=O) groups is 5. The van der Waals surface area contributed by atoms with E-state index in [1.165, 1.54) is 23.1 Å². The van der Waals surface area contributed by atoms with Gasteiger partial charge < -0.3 is 5.32 Å². The minimum Gasteiger partial charge on any atom is -0.322 e. The molecule has 2 N–H and O–H groups in total. The van der Waals surface area contributed by atoms with Crippen LogP contribution < -0.4 is 10.6 Å². The minimum absolute atomic E-state index is 0.242. The second-order valence-electron chi connectivity index (χ2n) is 8.72. The summed E-state index contributed by atoms with van der Waals surface area (Å²) in [4.78, 5) is 63.4. The van der Waals surface area contributed by atoms with Gasteiger partial charge in [0, 0.05) is 24.2 Å². The van der Waals surface area contributed by atoms with Crippen LogP contribution in [0.4, 0.5) is 5.69 Å². The number of benzene rings is 2. The molecule has 1 saturated heterocycles. The van der Waals surface area contributed by atoms with E-state index in [9.17, 15) is 24.0 Å². The minimum atomic E-state index is -0.771. The van der Waals surface area contributed by atoms with Crippen LogP contribution in [0.2, 0.25) is 0 Å². The molecule has 4 rings (SSSR count). The van der Waals surface area contributed by atoms with E-state index in [1.54, 1.807) is 24.3 Å². The summed E-state index contributed by atoms with van der Waals surface area (Å²) < 4.78 is 0. The smallest absolute Gasteiger partial charge is 0.261 e. The molecule has 1 unspecified atom stereocenters. The number of nitrogens with zero attached hydrogens (tertiary/aromatic N) is 1. The fraction of sp³-hybridized carbons (Fsp3) is 0.346. The van der Waals surface area contributed by atoms with E-state index >= 15 is 0 Å². The number of carbonyl (C=O) groups excluding carboxylic acids is 5. The maximum absolute atomic E-state index is 12.8. The third kappa shape index (κ3) is 4.00. The standard InChI is InChI=1S/C26H27N3O5/c1-3-5-14-29-23(32)19-11-6-16(15-20(19)24(29)33)22(31)27-18-9-7-17(8-10-18)26(4-2)13-12-21(30)28-25(26)34/h6-11,15H,3-5,12-14H2,1-2H3,(H,27,31)(H,28,30,34). The number of nitrogens with one attached hydrogen (secondary N) is 2. The van der Waals surface area contributed by atoms with Crippen LogP contribution in [0.1, 0.15) is 82.6 Å². The fourth-order valence-electron chi connectivity index (χ4n) is 4.59. The van der Waals surface area contributed by atoms with Crippen molar-refractivity contribution in [1.82, 2.24) is 10.2 Å². The van der Waals surface area contributed by atoms with Gasteiger partial charge in [-0.25, -0.2) is 0 Å². The van der Waals surface area contributed by atoms with Gasteiger partial charge in [-0.3, -0.25) is 34.2 Å². The zero-order valence-corrected chi connectivity index (χ0v) is 19.3. The van der Waals surface area contributed by atoms with Gasteiger partial charge in [0.2, 0.25) is 11.8 Å². The predicted octanol–water partition coefficient (Wildman–Crippen LogP) is 3.42. The maximum Gasteiger partial charge on any atom is 0.261 e. The van der Waals surface area contributed by atoms with Crippen molar-refractivity contribution in [2.75, 3.05) is 11.9 Å². The molecule has 0 bridgehead atoms. The summed E-state index contributed by atoms with van der Waals surface area (Å²) in [5, 5.41) is 5.22. The zero-order chi connectivity index (χ0) is 24.5. The third-order valence-electron chi connectivity index (χ3n) is 6.73. The molecule has 0 aliphatic carbocycles. The van der Waals surface area contributed by atoms with E-state index in [0.717, 1.165) is 18.4 Å². The number of hydrogen-bond donors (Lipinski definition) is 2. The van der Waals surface area contributed by atoms with Crippen molar-refractivity contribution in [2.24, 2.45) is 0 Å². The van der Waals surface area contributed by atoms with Crippen molar-refractivity contribution >= 4 is 35.2 Å². The first-order valence-corrected chi connectivity index (χ1v) is 11.6. The summed E-state index contributed by atoms with van der Waals surface area (Å²) in [6.45, 7) is 4.26. The first-order chi connectivity index (χ1) is 16.3. The molecule has 5 amide bonds. The van der Waals surface area contributed by atoms with E-state index in [4.69, 9.17) is 0 Å². The van der Waals surface area contributed by atoms with Gasteiger partial charge >= 0.3 is 0 Å². The normalized spacial score (nSPS) is 19.8. The number of amides is 5. The summed E-state index contributed by atoms with van der Waals surface area (Å²) in [7, 11) is 0. The molecule has 2 heterocycles. The second-order valence-corrected chi connectivity index (χ2v) is 8.72. The average Bonchev–Trinajstić information content (AvgIpc) is 3.07. The van der Waals surface area contributed by atoms with E-state index in [-0.39, 0.29) is 41.2 Å². The highest BCUT2D eigenvalue weighted by Crippen LogP contribution is 2.36. The SMILES string of the molecule is CCCCN1C(=O)c2ccc(C(=O)Nc3ccc(C4(CC)CCC(=O)NC4=O)cc3)cc2C1=O. The molecule has 2 aliphatic rings. The monoisotopic (exact) mass is 461 g/mol. The lowest BCUT2D eigenvalue weighted by Crippen LogP contribution is -2.51. The lowest BCUT2D eigenvalue weighted by atomic mass is 9.72. The Balaban J connectivity index is 1.50. The summed E-state index contributed by atoms with van der Waals surface area (Å²) in [6, 6.07) is 11.5. The Morgan fingerprint density at radius 2 is 1.71 bits per heavy atom. The molecule has 2 aromatic carbocycles. The van der Waals surface area contributed by atoms with E-state index in [0.29, 0.717) is 30.6 Å². The summed E-state index contributed by atoms with van der Waals surface area (Å²) in [5.74, 6) is -1.67. The predicted molar refractivity (Wildman–Crippen MR) is 125 cm³/mol. The number of piperidine rings is 1. The molecular weight excluding hydrogens is 434 g/mol. The highest BCUT2D eigenvalue weighted by Gasteiger charge is 2.42. The van der Waals surface area contributed by atoms with Gasteiger partial charge in [0.05, 0.1) is 16.5 Å². The Morgan fingerprint density at radius 1 is 1.00 bits per heavy atom. The quantitative estimate of drug-likeness (QED) is 0.614.